The number of hydrogen-bond donors (Lipinski definition) is 1. The van der Waals surface area contributed by atoms with E-state index in [1.54, 1.807) is 23.8 Å². The predicted octanol–water partition coefficient (Wildman–Crippen LogP) is 6.04. The van der Waals surface area contributed by atoms with Crippen LogP contribution in [-0.4, -0.2) is 41.2 Å². The Morgan fingerprint density at radius 1 is 0.946 bits per heavy atom. The SMILES string of the molecule is COc1cccc(CN(C(=O)CCSc2ccc(C)cc2)C(Cc2ccccc2)C(=O)NC(C)(C)C)c1. The van der Waals surface area contributed by atoms with Gasteiger partial charge >= 0.3 is 0 Å². The van der Waals surface area contributed by atoms with Crippen LogP contribution in [0.25, 0.3) is 0 Å². The molecule has 1 unspecified atom stereocenters. The van der Waals surface area contributed by atoms with E-state index in [1.165, 1.54) is 5.56 Å². The van der Waals surface area contributed by atoms with Gasteiger partial charge < -0.3 is 15.0 Å². The number of benzene rings is 3. The first kappa shape index (κ1) is 28.3. The van der Waals surface area contributed by atoms with Crippen LogP contribution in [0.3, 0.4) is 0 Å². The molecule has 0 heterocycles. The molecule has 5 nitrogen and oxygen atoms in total. The van der Waals surface area contributed by atoms with Crippen molar-refractivity contribution in [3.63, 3.8) is 0 Å². The number of carbonyl (C=O) groups is 2. The molecule has 0 aliphatic rings. The van der Waals surface area contributed by atoms with Crippen molar-refractivity contribution in [3.8, 4) is 5.75 Å². The lowest BCUT2D eigenvalue weighted by molar-refractivity contribution is -0.141. The van der Waals surface area contributed by atoms with Crippen LogP contribution in [0.5, 0.6) is 5.75 Å². The molecular formula is C31H38N2O3S. The minimum Gasteiger partial charge on any atom is -0.497 e. The summed E-state index contributed by atoms with van der Waals surface area (Å²) < 4.78 is 5.40. The highest BCUT2D eigenvalue weighted by Crippen LogP contribution is 2.23. The fourth-order valence-electron chi connectivity index (χ4n) is 4.01. The number of amides is 2. The first-order chi connectivity index (χ1) is 17.6. The van der Waals surface area contributed by atoms with Gasteiger partial charge in [0, 0.05) is 35.6 Å². The van der Waals surface area contributed by atoms with E-state index in [9.17, 15) is 9.59 Å². The number of rotatable bonds is 11. The van der Waals surface area contributed by atoms with E-state index in [1.807, 2.05) is 75.4 Å². The van der Waals surface area contributed by atoms with Crippen LogP contribution < -0.4 is 10.1 Å². The minimum absolute atomic E-state index is 0.0487. The number of ether oxygens (including phenoxy) is 1. The standard InChI is InChI=1S/C31H38N2O3S/c1-23-14-16-27(17-15-23)37-19-18-29(34)33(22-25-12-9-13-26(20-25)36-5)28(30(35)32-31(2,3)4)21-24-10-7-6-8-11-24/h6-17,20,28H,18-19,21-22H2,1-5H3,(H,32,35). The second-order valence-corrected chi connectivity index (χ2v) is 11.4. The average Bonchev–Trinajstić information content (AvgIpc) is 2.87. The van der Waals surface area contributed by atoms with Crippen molar-refractivity contribution in [3.05, 3.63) is 95.6 Å². The third-order valence-electron chi connectivity index (χ3n) is 5.86. The summed E-state index contributed by atoms with van der Waals surface area (Å²) in [5, 5.41) is 3.11. The predicted molar refractivity (Wildman–Crippen MR) is 152 cm³/mol. The molecule has 6 heteroatoms. The zero-order chi connectivity index (χ0) is 26.8. The maximum atomic E-state index is 13.7. The minimum atomic E-state index is -0.648. The van der Waals surface area contributed by atoms with E-state index in [0.29, 0.717) is 25.1 Å². The molecule has 1 atom stereocenters. The first-order valence-electron chi connectivity index (χ1n) is 12.6. The van der Waals surface area contributed by atoms with Crippen LogP contribution in [0, 0.1) is 6.92 Å². The van der Waals surface area contributed by atoms with Crippen molar-refractivity contribution in [2.45, 2.75) is 63.6 Å². The molecule has 1 N–H and O–H groups in total. The lowest BCUT2D eigenvalue weighted by Gasteiger charge is -2.34. The molecule has 37 heavy (non-hydrogen) atoms. The van der Waals surface area contributed by atoms with Crippen molar-refractivity contribution in [2.24, 2.45) is 0 Å². The molecule has 0 saturated heterocycles. The zero-order valence-electron chi connectivity index (χ0n) is 22.5. The first-order valence-corrected chi connectivity index (χ1v) is 13.6. The molecule has 196 valence electrons. The second-order valence-electron chi connectivity index (χ2n) is 10.2. The summed E-state index contributed by atoms with van der Waals surface area (Å²) in [6.45, 7) is 8.25. The quantitative estimate of drug-likeness (QED) is 0.315. The van der Waals surface area contributed by atoms with Crippen molar-refractivity contribution in [1.29, 1.82) is 0 Å². The van der Waals surface area contributed by atoms with Gasteiger partial charge in [0.25, 0.3) is 0 Å². The van der Waals surface area contributed by atoms with E-state index in [4.69, 9.17) is 4.74 Å². The molecule has 3 aromatic carbocycles. The van der Waals surface area contributed by atoms with Gasteiger partial charge in [-0.15, -0.1) is 11.8 Å². The Balaban J connectivity index is 1.88. The summed E-state index contributed by atoms with van der Waals surface area (Å²) in [6, 6.07) is 25.2. The van der Waals surface area contributed by atoms with Gasteiger partial charge in [-0.25, -0.2) is 0 Å². The lowest BCUT2D eigenvalue weighted by Crippen LogP contribution is -2.54. The Bertz CT molecular complexity index is 1160. The van der Waals surface area contributed by atoms with Gasteiger partial charge in [0.05, 0.1) is 7.11 Å². The fourth-order valence-corrected chi connectivity index (χ4v) is 4.85. The van der Waals surface area contributed by atoms with E-state index >= 15 is 0 Å². The Kier molecular flexibility index (Phi) is 10.2. The van der Waals surface area contributed by atoms with Crippen molar-refractivity contribution in [1.82, 2.24) is 10.2 Å². The maximum absolute atomic E-state index is 13.7. The molecule has 3 aromatic rings. The van der Waals surface area contributed by atoms with Crippen LogP contribution in [0.4, 0.5) is 0 Å². The number of thioether (sulfide) groups is 1. The number of carbonyl (C=O) groups excluding carboxylic acids is 2. The second kappa shape index (κ2) is 13.3. The van der Waals surface area contributed by atoms with Gasteiger partial charge in [-0.3, -0.25) is 9.59 Å². The molecule has 0 saturated carbocycles. The van der Waals surface area contributed by atoms with Crippen LogP contribution in [0.15, 0.2) is 83.8 Å². The summed E-state index contributed by atoms with van der Waals surface area (Å²) in [5.41, 5.74) is 2.71. The Morgan fingerprint density at radius 2 is 1.62 bits per heavy atom. The third kappa shape index (κ3) is 9.29. The van der Waals surface area contributed by atoms with Crippen molar-refractivity contribution >= 4 is 23.6 Å². The third-order valence-corrected chi connectivity index (χ3v) is 6.88. The monoisotopic (exact) mass is 518 g/mol. The Hall–Kier alpha value is -3.25. The normalized spacial score (nSPS) is 12.0. The van der Waals surface area contributed by atoms with Crippen LogP contribution in [0.2, 0.25) is 0 Å². The Morgan fingerprint density at radius 3 is 2.27 bits per heavy atom. The highest BCUT2D eigenvalue weighted by molar-refractivity contribution is 7.99. The molecular weight excluding hydrogens is 480 g/mol. The van der Waals surface area contributed by atoms with Crippen molar-refractivity contribution < 1.29 is 14.3 Å². The molecule has 0 aliphatic carbocycles. The fraction of sp³-hybridized carbons (Fsp3) is 0.355. The molecule has 0 radical (unpaired) electrons. The van der Waals surface area contributed by atoms with E-state index in [2.05, 4.69) is 36.5 Å². The van der Waals surface area contributed by atoms with E-state index < -0.39 is 11.6 Å². The maximum Gasteiger partial charge on any atom is 0.243 e. The average molecular weight is 519 g/mol. The smallest absolute Gasteiger partial charge is 0.243 e. The van der Waals surface area contributed by atoms with Gasteiger partial charge in [0.1, 0.15) is 11.8 Å². The number of hydrogen-bond acceptors (Lipinski definition) is 4. The molecule has 0 spiro atoms. The largest absolute Gasteiger partial charge is 0.497 e. The molecule has 0 aliphatic heterocycles. The number of aryl methyl sites for hydroxylation is 1. The number of methoxy groups -OCH3 is 1. The van der Waals surface area contributed by atoms with Gasteiger partial charge in [0.15, 0.2) is 0 Å². The van der Waals surface area contributed by atoms with Gasteiger partial charge in [0.2, 0.25) is 11.8 Å². The molecule has 0 bridgehead atoms. The van der Waals surface area contributed by atoms with Gasteiger partial charge in [-0.2, -0.15) is 0 Å². The van der Waals surface area contributed by atoms with Gasteiger partial charge in [-0.05, 0) is 63.1 Å². The summed E-state index contributed by atoms with van der Waals surface area (Å²) in [7, 11) is 1.62. The molecule has 0 aromatic heterocycles. The Labute approximate surface area is 225 Å². The number of nitrogens with one attached hydrogen (secondary N) is 1. The summed E-state index contributed by atoms with van der Waals surface area (Å²) in [6.07, 6.45) is 0.764. The lowest BCUT2D eigenvalue weighted by atomic mass is 10.0. The summed E-state index contributed by atoms with van der Waals surface area (Å²) >= 11 is 1.65. The number of nitrogens with zero attached hydrogens (tertiary/aromatic N) is 1. The zero-order valence-corrected chi connectivity index (χ0v) is 23.3. The molecule has 3 rings (SSSR count). The van der Waals surface area contributed by atoms with Gasteiger partial charge in [-0.1, -0.05) is 60.2 Å². The summed E-state index contributed by atoms with van der Waals surface area (Å²) in [5.74, 6) is 1.15. The van der Waals surface area contributed by atoms with E-state index in [-0.39, 0.29) is 11.8 Å². The van der Waals surface area contributed by atoms with Crippen LogP contribution >= 0.6 is 11.8 Å². The highest BCUT2D eigenvalue weighted by atomic mass is 32.2. The van der Waals surface area contributed by atoms with Crippen LogP contribution in [0.1, 0.15) is 43.9 Å². The highest BCUT2D eigenvalue weighted by Gasteiger charge is 2.32. The molecule has 2 amide bonds. The van der Waals surface area contributed by atoms with Crippen molar-refractivity contribution in [2.75, 3.05) is 12.9 Å². The van der Waals surface area contributed by atoms with Crippen LogP contribution in [-0.2, 0) is 22.6 Å². The summed E-state index contributed by atoms with van der Waals surface area (Å²) in [4.78, 5) is 30.2. The van der Waals surface area contributed by atoms with E-state index in [0.717, 1.165) is 21.8 Å². The molecule has 0 fully saturated rings. The topological polar surface area (TPSA) is 58.6 Å².